The molecule has 1 aliphatic heterocycles. The van der Waals surface area contributed by atoms with E-state index in [4.69, 9.17) is 22.1 Å². The van der Waals surface area contributed by atoms with E-state index in [1.807, 2.05) is 39.8 Å². The van der Waals surface area contributed by atoms with Gasteiger partial charge in [-0.3, -0.25) is 9.69 Å². The summed E-state index contributed by atoms with van der Waals surface area (Å²) in [6, 6.07) is 14.4. The first kappa shape index (κ1) is 31.1. The van der Waals surface area contributed by atoms with E-state index in [2.05, 4.69) is 6.07 Å². The van der Waals surface area contributed by atoms with Gasteiger partial charge in [-0.25, -0.2) is 4.39 Å². The molecule has 1 aliphatic carbocycles. The summed E-state index contributed by atoms with van der Waals surface area (Å²) >= 11 is 6.15. The summed E-state index contributed by atoms with van der Waals surface area (Å²) in [6.07, 6.45) is -3.88. The molecule has 3 aromatic carbocycles. The second-order valence-electron chi connectivity index (χ2n) is 12.0. The third-order valence-electron chi connectivity index (χ3n) is 8.15. The summed E-state index contributed by atoms with van der Waals surface area (Å²) in [7, 11) is 0. The van der Waals surface area contributed by atoms with Crippen molar-refractivity contribution in [3.63, 3.8) is 0 Å². The molecule has 3 aromatic rings. The zero-order chi connectivity index (χ0) is 32.1. The minimum atomic E-state index is -4.52. The van der Waals surface area contributed by atoms with Crippen LogP contribution in [0.3, 0.4) is 0 Å². The SMILES string of the molecule is Cc1cc(C)c(C2C(C#N)=C(N)N(c3ccc(C(F)(F)F)cc3)C3=C2C(=O)CC(C)(C)C3)cc1COc1ccc(F)cc1Cl. The van der Waals surface area contributed by atoms with Gasteiger partial charge in [0.1, 0.15) is 24.0 Å². The first-order valence-electron chi connectivity index (χ1n) is 13.9. The van der Waals surface area contributed by atoms with E-state index in [1.54, 1.807) is 4.90 Å². The lowest BCUT2D eigenvalue weighted by atomic mass is 9.68. The van der Waals surface area contributed by atoms with Gasteiger partial charge in [0, 0.05) is 23.4 Å². The van der Waals surface area contributed by atoms with Crippen LogP contribution in [-0.2, 0) is 17.6 Å². The van der Waals surface area contributed by atoms with Crippen molar-refractivity contribution in [2.75, 3.05) is 4.90 Å². The fourth-order valence-electron chi connectivity index (χ4n) is 6.04. The van der Waals surface area contributed by atoms with Crippen LogP contribution in [0.15, 0.2) is 77.3 Å². The second kappa shape index (κ2) is 11.3. The van der Waals surface area contributed by atoms with Gasteiger partial charge in [-0.2, -0.15) is 18.4 Å². The number of nitrogens with two attached hydrogens (primary N) is 1. The molecule has 44 heavy (non-hydrogen) atoms. The summed E-state index contributed by atoms with van der Waals surface area (Å²) in [5.74, 6) is -1.09. The van der Waals surface area contributed by atoms with Gasteiger partial charge in [-0.1, -0.05) is 37.6 Å². The van der Waals surface area contributed by atoms with Crippen LogP contribution >= 0.6 is 11.6 Å². The Morgan fingerprint density at radius 1 is 1.07 bits per heavy atom. The number of hydrogen-bond donors (Lipinski definition) is 1. The first-order chi connectivity index (χ1) is 20.6. The van der Waals surface area contributed by atoms with Crippen molar-refractivity contribution in [1.29, 1.82) is 5.26 Å². The largest absolute Gasteiger partial charge is 0.487 e. The maximum absolute atomic E-state index is 13.9. The van der Waals surface area contributed by atoms with Crippen LogP contribution in [-0.4, -0.2) is 5.78 Å². The number of Topliss-reactive ketones (excluding diaryl/α,β-unsaturated/α-hetero) is 1. The third kappa shape index (κ3) is 5.79. The Morgan fingerprint density at radius 2 is 1.75 bits per heavy atom. The predicted molar refractivity (Wildman–Crippen MR) is 160 cm³/mol. The average Bonchev–Trinajstić information content (AvgIpc) is 2.92. The number of aryl methyl sites for hydroxylation is 2. The molecule has 10 heteroatoms. The Morgan fingerprint density at radius 3 is 2.36 bits per heavy atom. The van der Waals surface area contributed by atoms with E-state index in [0.717, 1.165) is 34.9 Å². The number of alkyl halides is 3. The molecule has 2 aliphatic rings. The number of allylic oxidation sites excluding steroid dienone is 3. The van der Waals surface area contributed by atoms with E-state index >= 15 is 0 Å². The molecule has 0 bridgehead atoms. The lowest BCUT2D eigenvalue weighted by molar-refractivity contribution is -0.137. The van der Waals surface area contributed by atoms with E-state index in [1.165, 1.54) is 24.3 Å². The maximum Gasteiger partial charge on any atom is 0.416 e. The van der Waals surface area contributed by atoms with Gasteiger partial charge >= 0.3 is 6.18 Å². The van der Waals surface area contributed by atoms with Crippen LogP contribution < -0.4 is 15.4 Å². The number of carbonyl (C=O) groups excluding carboxylic acids is 1. The molecule has 0 amide bonds. The fraction of sp³-hybridized carbons (Fsp3) is 0.294. The molecule has 0 spiro atoms. The topological polar surface area (TPSA) is 79.4 Å². The monoisotopic (exact) mass is 623 g/mol. The minimum absolute atomic E-state index is 0.0531. The maximum atomic E-state index is 13.9. The Bertz CT molecular complexity index is 1770. The van der Waals surface area contributed by atoms with E-state index in [9.17, 15) is 27.6 Å². The number of benzene rings is 3. The van der Waals surface area contributed by atoms with Crippen molar-refractivity contribution in [3.05, 3.63) is 116 Å². The minimum Gasteiger partial charge on any atom is -0.487 e. The number of rotatable bonds is 5. The highest BCUT2D eigenvalue weighted by atomic mass is 35.5. The lowest BCUT2D eigenvalue weighted by Gasteiger charge is -2.44. The van der Waals surface area contributed by atoms with Gasteiger partial charge < -0.3 is 10.5 Å². The number of nitriles is 1. The molecule has 0 radical (unpaired) electrons. The highest BCUT2D eigenvalue weighted by Gasteiger charge is 2.45. The quantitative estimate of drug-likeness (QED) is 0.288. The molecular formula is C34H30ClF4N3O2. The summed E-state index contributed by atoms with van der Waals surface area (Å²) in [6.45, 7) is 7.77. The van der Waals surface area contributed by atoms with Crippen molar-refractivity contribution < 1.29 is 27.1 Å². The van der Waals surface area contributed by atoms with Gasteiger partial charge in [0.05, 0.1) is 28.1 Å². The molecule has 1 heterocycles. The highest BCUT2D eigenvalue weighted by molar-refractivity contribution is 6.32. The molecule has 0 fully saturated rings. The first-order valence-corrected chi connectivity index (χ1v) is 14.3. The summed E-state index contributed by atoms with van der Waals surface area (Å²) in [4.78, 5) is 15.5. The molecule has 2 N–H and O–H groups in total. The van der Waals surface area contributed by atoms with Crippen molar-refractivity contribution in [3.8, 4) is 11.8 Å². The molecule has 0 saturated heterocycles. The predicted octanol–water partition coefficient (Wildman–Crippen LogP) is 8.63. The number of ether oxygens (including phenoxy) is 1. The molecule has 0 saturated carbocycles. The Kier molecular flexibility index (Phi) is 8.02. The second-order valence-corrected chi connectivity index (χ2v) is 12.4. The van der Waals surface area contributed by atoms with Gasteiger partial charge in [0.2, 0.25) is 0 Å². The van der Waals surface area contributed by atoms with Crippen molar-refractivity contribution in [2.45, 2.75) is 59.2 Å². The summed E-state index contributed by atoms with van der Waals surface area (Å²) in [5, 5.41) is 10.6. The number of nitrogens with zero attached hydrogens (tertiary/aromatic N) is 2. The Hall–Kier alpha value is -4.29. The van der Waals surface area contributed by atoms with Gasteiger partial charge in [-0.15, -0.1) is 0 Å². The summed E-state index contributed by atoms with van der Waals surface area (Å²) in [5.41, 5.74) is 9.98. The number of ketones is 1. The Balaban J connectivity index is 1.64. The van der Waals surface area contributed by atoms with Crippen LogP contribution in [0.4, 0.5) is 23.2 Å². The highest BCUT2D eigenvalue weighted by Crippen LogP contribution is 2.51. The van der Waals surface area contributed by atoms with Crippen LogP contribution in [0.1, 0.15) is 60.4 Å². The van der Waals surface area contributed by atoms with E-state index in [-0.39, 0.29) is 35.2 Å². The van der Waals surface area contributed by atoms with Gasteiger partial charge in [0.15, 0.2) is 5.78 Å². The van der Waals surface area contributed by atoms with Crippen molar-refractivity contribution in [1.82, 2.24) is 0 Å². The van der Waals surface area contributed by atoms with Crippen LogP contribution in [0.25, 0.3) is 0 Å². The molecule has 5 nitrogen and oxygen atoms in total. The zero-order valence-electron chi connectivity index (χ0n) is 24.6. The number of anilines is 1. The van der Waals surface area contributed by atoms with Crippen LogP contribution in [0, 0.1) is 36.4 Å². The molecular weight excluding hydrogens is 594 g/mol. The number of carbonyl (C=O) groups is 1. The summed E-state index contributed by atoms with van der Waals surface area (Å²) < 4.78 is 59.4. The molecule has 5 rings (SSSR count). The van der Waals surface area contributed by atoms with Crippen LogP contribution in [0.5, 0.6) is 5.75 Å². The normalized spacial score (nSPS) is 18.3. The Labute approximate surface area is 258 Å². The number of halogens is 5. The zero-order valence-corrected chi connectivity index (χ0v) is 25.3. The molecule has 0 aromatic heterocycles. The average molecular weight is 624 g/mol. The number of hydrogen-bond acceptors (Lipinski definition) is 5. The molecule has 228 valence electrons. The van der Waals surface area contributed by atoms with E-state index < -0.39 is 28.9 Å². The van der Waals surface area contributed by atoms with Gasteiger partial charge in [-0.05, 0) is 90.4 Å². The lowest BCUT2D eigenvalue weighted by Crippen LogP contribution is -2.42. The van der Waals surface area contributed by atoms with Crippen molar-refractivity contribution in [2.24, 2.45) is 11.1 Å². The van der Waals surface area contributed by atoms with E-state index in [0.29, 0.717) is 34.7 Å². The molecule has 1 atom stereocenters. The molecule has 1 unspecified atom stereocenters. The third-order valence-corrected chi connectivity index (χ3v) is 8.44. The van der Waals surface area contributed by atoms with Crippen LogP contribution in [0.2, 0.25) is 5.02 Å². The van der Waals surface area contributed by atoms with Crippen molar-refractivity contribution >= 4 is 23.1 Å². The fourth-order valence-corrected chi connectivity index (χ4v) is 6.27. The smallest absolute Gasteiger partial charge is 0.416 e. The standard InChI is InChI=1S/C34H30ClF4N3O2/c1-18-11-19(2)24(12-20(18)17-44-29-10-7-22(36)13-26(29)35)30-25(16-40)32(41)42(23-8-5-21(6-9-23)34(37,38)39)27-14-33(3,4)15-28(43)31(27)30/h5-13,30H,14-15,17,41H2,1-4H3. The van der Waals surface area contributed by atoms with Gasteiger partial charge in [0.25, 0.3) is 0 Å².